The minimum Gasteiger partial charge on any atom is -0.342 e. The number of halogens is 2. The summed E-state index contributed by atoms with van der Waals surface area (Å²) in [5.74, 6) is 0.677. The maximum absolute atomic E-state index is 6.61. The number of aromatic nitrogens is 2. The van der Waals surface area contributed by atoms with Crippen LogP contribution >= 0.6 is 23.2 Å². The Morgan fingerprint density at radius 1 is 0.306 bits per heavy atom. The van der Waals surface area contributed by atoms with Crippen LogP contribution in [-0.4, -0.2) is 65.1 Å². The van der Waals surface area contributed by atoms with Crippen molar-refractivity contribution >= 4 is 101 Å². The van der Waals surface area contributed by atoms with Crippen molar-refractivity contribution in [1.29, 1.82) is 0 Å². The molecule has 0 aliphatic carbocycles. The van der Waals surface area contributed by atoms with Gasteiger partial charge in [-0.15, -0.1) is 16.1 Å². The van der Waals surface area contributed by atoms with Gasteiger partial charge >= 0.3 is 34.1 Å². The zero-order valence-corrected chi connectivity index (χ0v) is 76.0. The van der Waals surface area contributed by atoms with Crippen LogP contribution < -0.4 is 0 Å². The maximum Gasteiger partial charge on any atom is 2.00 e. The van der Waals surface area contributed by atoms with Gasteiger partial charge in [-0.1, -0.05) is 378 Å². The Balaban J connectivity index is 0.000000416. The Morgan fingerprint density at radius 2 is 0.500 bits per heavy atom. The van der Waals surface area contributed by atoms with Crippen LogP contribution in [0.25, 0.3) is 0 Å². The van der Waals surface area contributed by atoms with E-state index < -0.39 is 32.3 Å². The molecule has 6 nitrogen and oxygen atoms in total. The summed E-state index contributed by atoms with van der Waals surface area (Å²) in [6, 6.07) is 85.3. The summed E-state index contributed by atoms with van der Waals surface area (Å²) in [7, 11) is -3.56. The van der Waals surface area contributed by atoms with E-state index >= 15 is 0 Å². The van der Waals surface area contributed by atoms with Crippen LogP contribution in [0.15, 0.2) is 250 Å². The first-order valence-electron chi connectivity index (χ1n) is 37.8. The van der Waals surface area contributed by atoms with E-state index in [0.717, 1.165) is 113 Å². The smallest absolute Gasteiger partial charge is 0.342 e. The van der Waals surface area contributed by atoms with E-state index in [2.05, 4.69) is 209 Å². The second-order valence-electron chi connectivity index (χ2n) is 30.5. The van der Waals surface area contributed by atoms with E-state index in [1.807, 2.05) is 184 Å². The van der Waals surface area contributed by atoms with E-state index in [0.29, 0.717) is 21.9 Å². The quantitative estimate of drug-likeness (QED) is 0.0433. The van der Waals surface area contributed by atoms with Gasteiger partial charge in [0.2, 0.25) is 0 Å². The van der Waals surface area contributed by atoms with Gasteiger partial charge in [-0.05, 0) is 109 Å². The summed E-state index contributed by atoms with van der Waals surface area (Å²) >= 11 is 13.2. The molecular formula is C94H120Cl2Fe2N6Si4. The van der Waals surface area contributed by atoms with Gasteiger partial charge in [-0.2, -0.15) is 0 Å². The number of rotatable bonds is 20. The molecule has 0 radical (unpaired) electrons. The molecule has 2 heterocycles. The average Bonchev–Trinajstić information content (AvgIpc) is 0.802. The van der Waals surface area contributed by atoms with Crippen molar-refractivity contribution < 1.29 is 34.1 Å². The summed E-state index contributed by atoms with van der Waals surface area (Å²) in [6.07, 6.45) is 0. The molecule has 2 aromatic heterocycles. The fraction of sp³-hybridized carbons (Fsp3) is 0.298. The van der Waals surface area contributed by atoms with Gasteiger partial charge in [0.15, 0.2) is 0 Å². The molecule has 572 valence electrons. The second-order valence-corrected chi connectivity index (χ2v) is 51.8. The van der Waals surface area contributed by atoms with Gasteiger partial charge in [0.25, 0.3) is 0 Å². The van der Waals surface area contributed by atoms with Crippen molar-refractivity contribution in [3.63, 3.8) is 0 Å². The molecule has 10 aromatic rings. The zero-order valence-electron chi connectivity index (χ0n) is 68.3. The number of nitrogens with zero attached hydrogens (tertiary/aromatic N) is 6. The SMILES string of the molecule is Cc1cccc(Cl)c1N=C(c1ccccc1)c1cccc(C(=Nc2c(C)cccc2C(C)C)c2ccccc2)n1.Cc1cccc(Cl)c1N=C(c1ccccc1)c1cccc(C(=Nc2c(C)cccc2C(C)C)c2ccccc2)n1.[CH2-][Si](C)(C)C.[CH2-][Si](C)(C)C.[CH2-][Si](CC)(CC)CC.[CH2-][Si](CC)(CC)CC.[Fe+2].[Fe+2]. The van der Waals surface area contributed by atoms with E-state index in [1.54, 1.807) is 0 Å². The number of benzene rings is 8. The number of aryl methyl sites for hydroxylation is 4. The molecule has 14 heteroatoms. The third kappa shape index (κ3) is 31.2. The second kappa shape index (κ2) is 46.8. The van der Waals surface area contributed by atoms with Gasteiger partial charge < -0.3 is 26.2 Å². The van der Waals surface area contributed by atoms with Crippen molar-refractivity contribution in [2.75, 3.05) is 0 Å². The monoisotopic (exact) mass is 1630 g/mol. The van der Waals surface area contributed by atoms with Gasteiger partial charge in [0, 0.05) is 22.3 Å². The normalized spacial score (nSPS) is 11.9. The Bertz CT molecular complexity index is 4110. The molecule has 0 aliphatic rings. The minimum absolute atomic E-state index is 0. The van der Waals surface area contributed by atoms with Crippen molar-refractivity contribution in [2.45, 2.75) is 184 Å². The Morgan fingerprint density at radius 3 is 0.694 bits per heavy atom. The van der Waals surface area contributed by atoms with Crippen LogP contribution in [-0.2, 0) is 34.1 Å². The van der Waals surface area contributed by atoms with Gasteiger partial charge in [0.05, 0.1) is 78.4 Å². The number of hydrogen-bond donors (Lipinski definition) is 0. The summed E-state index contributed by atoms with van der Waals surface area (Å²) in [5.41, 5.74) is 20.3. The number of hydrogen-bond acceptors (Lipinski definition) is 6. The molecule has 0 fully saturated rings. The molecule has 0 bridgehead atoms. The molecule has 10 rings (SSSR count). The molecule has 8 aromatic carbocycles. The Labute approximate surface area is 688 Å². The summed E-state index contributed by atoms with van der Waals surface area (Å²) in [4.78, 5) is 31.1. The van der Waals surface area contributed by atoms with Crippen LogP contribution in [0.5, 0.6) is 0 Å². The van der Waals surface area contributed by atoms with Crippen LogP contribution in [0.1, 0.15) is 159 Å². The maximum atomic E-state index is 6.61. The first kappa shape index (κ1) is 95.4. The molecule has 0 saturated carbocycles. The van der Waals surface area contributed by atoms with Gasteiger partial charge in [-0.3, -0.25) is 0 Å². The van der Waals surface area contributed by atoms with Crippen molar-refractivity contribution in [1.82, 2.24) is 9.97 Å². The number of para-hydroxylation sites is 4. The predicted molar refractivity (Wildman–Crippen MR) is 481 cm³/mol. The minimum atomic E-state index is -0.921. The van der Waals surface area contributed by atoms with Crippen molar-refractivity contribution in [3.8, 4) is 0 Å². The molecule has 0 atom stereocenters. The van der Waals surface area contributed by atoms with Crippen molar-refractivity contribution in [2.24, 2.45) is 20.0 Å². The zero-order chi connectivity index (χ0) is 78.4. The van der Waals surface area contributed by atoms with E-state index in [-0.39, 0.29) is 34.1 Å². The van der Waals surface area contributed by atoms with Crippen molar-refractivity contribution in [3.05, 3.63) is 345 Å². The van der Waals surface area contributed by atoms with E-state index in [4.69, 9.17) is 53.1 Å². The molecule has 0 amide bonds. The molecular weight excluding hydrogens is 1510 g/mol. The largest absolute Gasteiger partial charge is 2.00 e. The van der Waals surface area contributed by atoms with Gasteiger partial charge in [0.1, 0.15) is 0 Å². The third-order valence-electron chi connectivity index (χ3n) is 18.2. The Kier molecular flexibility index (Phi) is 41.3. The first-order valence-corrected chi connectivity index (χ1v) is 51.7. The topological polar surface area (TPSA) is 75.2 Å². The first-order chi connectivity index (χ1) is 50.2. The number of pyridine rings is 2. The molecule has 0 unspecified atom stereocenters. The van der Waals surface area contributed by atoms with Crippen LogP contribution in [0.4, 0.5) is 22.7 Å². The molecule has 0 aliphatic heterocycles. The fourth-order valence-corrected chi connectivity index (χ4v) is 14.5. The standard InChI is InChI=1S/2C36H32ClN3.2C7H17Si.2C4H11Si.2Fe/c2*1-24(2)29-20-11-14-25(3)33(29)39-35(27-16-7-5-8-17-27)31-22-13-23-32(38-31)36(28-18-9-6-10-19-28)40-34-26(4)15-12-21-30(34)37;2*1-5-8(4,6-2)7-3;2*1-5(2,3)4;;/h2*5-24H,1-4H3;2*4-7H2,1-3H3;2*1H2,2-4H3;;/q;;4*-1;2*+2. The van der Waals surface area contributed by atoms with E-state index in [9.17, 15) is 0 Å². The number of aliphatic imine (C=N–C) groups is 4. The Hall–Kier alpha value is -6.77. The van der Waals surface area contributed by atoms with Crippen LogP contribution in [0.3, 0.4) is 0 Å². The van der Waals surface area contributed by atoms with E-state index in [1.165, 1.54) is 47.4 Å². The third-order valence-corrected chi connectivity index (χ3v) is 27.8. The average molecular weight is 1630 g/mol. The fourth-order valence-electron chi connectivity index (χ4n) is 10.9. The van der Waals surface area contributed by atoms with Gasteiger partial charge in [-0.25, -0.2) is 29.9 Å². The summed E-state index contributed by atoms with van der Waals surface area (Å²) in [5, 5.41) is 1.22. The summed E-state index contributed by atoms with van der Waals surface area (Å²) < 4.78 is 0. The summed E-state index contributed by atoms with van der Waals surface area (Å²) in [6.45, 7) is 60.3. The molecule has 108 heavy (non-hydrogen) atoms. The predicted octanol–water partition coefficient (Wildman–Crippen LogP) is 28.8. The van der Waals surface area contributed by atoms with Crippen LogP contribution in [0, 0.1) is 53.9 Å². The molecule has 0 saturated heterocycles. The van der Waals surface area contributed by atoms with Crippen LogP contribution in [0.2, 0.25) is 85.6 Å². The molecule has 0 spiro atoms. The molecule has 0 N–H and O–H groups in total.